The van der Waals surface area contributed by atoms with E-state index in [1.807, 2.05) is 12.1 Å². The van der Waals surface area contributed by atoms with E-state index in [4.69, 9.17) is 4.42 Å². The molecule has 236 valence electrons. The van der Waals surface area contributed by atoms with Crippen LogP contribution in [0.25, 0.3) is 66.4 Å². The monoisotopic (exact) mass is 639 g/mol. The zero-order valence-electron chi connectivity index (χ0n) is 27.4. The number of benzene rings is 8. The van der Waals surface area contributed by atoms with Crippen molar-refractivity contribution in [3.8, 4) is 44.5 Å². The molecular formula is C48H33NO. The fraction of sp³-hybridized carbons (Fsp3) is 0. The van der Waals surface area contributed by atoms with E-state index in [1.54, 1.807) is 0 Å². The van der Waals surface area contributed by atoms with E-state index in [0.29, 0.717) is 0 Å². The lowest BCUT2D eigenvalue weighted by molar-refractivity contribution is 0.669. The Labute approximate surface area is 292 Å². The van der Waals surface area contributed by atoms with Gasteiger partial charge < -0.3 is 9.32 Å². The molecule has 2 nitrogen and oxygen atoms in total. The number of furan rings is 1. The summed E-state index contributed by atoms with van der Waals surface area (Å²) in [5.41, 5.74) is 14.4. The Hall–Kier alpha value is -6.64. The molecule has 0 aliphatic carbocycles. The van der Waals surface area contributed by atoms with Crippen LogP contribution in [0.1, 0.15) is 0 Å². The second kappa shape index (κ2) is 12.8. The van der Waals surface area contributed by atoms with Gasteiger partial charge in [-0.15, -0.1) is 0 Å². The lowest BCUT2D eigenvalue weighted by atomic mass is 9.97. The number of fused-ring (bicyclic) bond motifs is 3. The minimum atomic E-state index is 0.902. The average molecular weight is 640 g/mol. The summed E-state index contributed by atoms with van der Waals surface area (Å²) in [6.45, 7) is 0. The van der Waals surface area contributed by atoms with E-state index in [-0.39, 0.29) is 0 Å². The van der Waals surface area contributed by atoms with Crippen molar-refractivity contribution in [2.24, 2.45) is 0 Å². The quantitative estimate of drug-likeness (QED) is 0.173. The molecule has 0 unspecified atom stereocenters. The molecule has 0 atom stereocenters. The summed E-state index contributed by atoms with van der Waals surface area (Å²) in [4.78, 5) is 2.36. The molecule has 0 fully saturated rings. The van der Waals surface area contributed by atoms with E-state index in [1.165, 1.54) is 33.4 Å². The van der Waals surface area contributed by atoms with Crippen molar-refractivity contribution in [2.45, 2.75) is 0 Å². The summed E-state index contributed by atoms with van der Waals surface area (Å²) < 4.78 is 6.22. The number of para-hydroxylation sites is 1. The van der Waals surface area contributed by atoms with Crippen molar-refractivity contribution in [2.75, 3.05) is 4.90 Å². The molecular weight excluding hydrogens is 607 g/mol. The van der Waals surface area contributed by atoms with E-state index in [9.17, 15) is 0 Å². The predicted molar refractivity (Wildman–Crippen MR) is 210 cm³/mol. The van der Waals surface area contributed by atoms with Crippen LogP contribution in [-0.2, 0) is 0 Å². The fourth-order valence-electron chi connectivity index (χ4n) is 6.92. The van der Waals surface area contributed by atoms with Crippen molar-refractivity contribution < 1.29 is 4.42 Å². The first-order valence-electron chi connectivity index (χ1n) is 17.0. The Morgan fingerprint density at radius 3 is 1.24 bits per heavy atom. The Bertz CT molecular complexity index is 2490. The molecule has 0 aliphatic rings. The highest BCUT2D eigenvalue weighted by Crippen LogP contribution is 2.41. The Morgan fingerprint density at radius 2 is 0.680 bits per heavy atom. The Kier molecular flexibility index (Phi) is 7.53. The summed E-state index contributed by atoms with van der Waals surface area (Å²) in [5.74, 6) is 0. The van der Waals surface area contributed by atoms with Crippen molar-refractivity contribution in [1.29, 1.82) is 0 Å². The molecule has 0 N–H and O–H groups in total. The van der Waals surface area contributed by atoms with Crippen molar-refractivity contribution in [1.82, 2.24) is 0 Å². The molecule has 0 saturated carbocycles. The van der Waals surface area contributed by atoms with Gasteiger partial charge in [0.25, 0.3) is 0 Å². The molecule has 0 bridgehead atoms. The van der Waals surface area contributed by atoms with Gasteiger partial charge in [-0.1, -0.05) is 140 Å². The summed E-state index contributed by atoms with van der Waals surface area (Å²) in [5, 5.41) is 2.28. The normalized spacial score (nSPS) is 11.2. The van der Waals surface area contributed by atoms with Gasteiger partial charge in [0.2, 0.25) is 0 Å². The first-order valence-corrected chi connectivity index (χ1v) is 17.0. The maximum Gasteiger partial charge on any atom is 0.136 e. The third-order valence-corrected chi connectivity index (χ3v) is 9.46. The molecule has 0 amide bonds. The molecule has 0 saturated heterocycles. The van der Waals surface area contributed by atoms with E-state index < -0.39 is 0 Å². The maximum atomic E-state index is 6.22. The smallest absolute Gasteiger partial charge is 0.136 e. The zero-order valence-corrected chi connectivity index (χ0v) is 27.4. The van der Waals surface area contributed by atoms with Crippen LogP contribution in [0, 0.1) is 0 Å². The molecule has 9 aromatic rings. The van der Waals surface area contributed by atoms with Gasteiger partial charge in [-0.05, 0) is 105 Å². The highest BCUT2D eigenvalue weighted by molar-refractivity contribution is 6.05. The molecule has 50 heavy (non-hydrogen) atoms. The van der Waals surface area contributed by atoms with E-state index in [2.05, 4.69) is 193 Å². The number of hydrogen-bond donors (Lipinski definition) is 0. The van der Waals surface area contributed by atoms with Gasteiger partial charge in [0.1, 0.15) is 11.2 Å². The molecule has 1 heterocycles. The summed E-state index contributed by atoms with van der Waals surface area (Å²) in [6, 6.07) is 71.2. The van der Waals surface area contributed by atoms with Crippen LogP contribution in [0.2, 0.25) is 0 Å². The number of nitrogens with zero attached hydrogens (tertiary/aromatic N) is 1. The van der Waals surface area contributed by atoms with Gasteiger partial charge in [0, 0.05) is 27.8 Å². The third-order valence-electron chi connectivity index (χ3n) is 9.46. The van der Waals surface area contributed by atoms with Gasteiger partial charge in [-0.25, -0.2) is 0 Å². The van der Waals surface area contributed by atoms with Crippen LogP contribution >= 0.6 is 0 Å². The minimum Gasteiger partial charge on any atom is -0.456 e. The van der Waals surface area contributed by atoms with Crippen LogP contribution in [0.4, 0.5) is 17.1 Å². The topological polar surface area (TPSA) is 16.4 Å². The van der Waals surface area contributed by atoms with Crippen molar-refractivity contribution in [3.05, 3.63) is 200 Å². The minimum absolute atomic E-state index is 0.902. The number of hydrogen-bond acceptors (Lipinski definition) is 2. The fourth-order valence-corrected chi connectivity index (χ4v) is 6.92. The molecule has 0 aliphatic heterocycles. The van der Waals surface area contributed by atoms with Crippen LogP contribution < -0.4 is 4.90 Å². The van der Waals surface area contributed by atoms with Crippen molar-refractivity contribution >= 4 is 39.0 Å². The molecule has 2 heteroatoms. The van der Waals surface area contributed by atoms with Gasteiger partial charge in [-0.2, -0.15) is 0 Å². The first-order chi connectivity index (χ1) is 24.8. The highest BCUT2D eigenvalue weighted by atomic mass is 16.3. The van der Waals surface area contributed by atoms with E-state index >= 15 is 0 Å². The predicted octanol–water partition coefficient (Wildman–Crippen LogP) is 13.7. The summed E-state index contributed by atoms with van der Waals surface area (Å²) in [6.07, 6.45) is 0. The van der Waals surface area contributed by atoms with Gasteiger partial charge in [0.15, 0.2) is 0 Å². The SMILES string of the molecule is c1ccc(-c2ccc(N(c3ccc(-c4ccc5c(c4)oc4ccccc45)cc3)c3cc(-c4ccccc4)cc(-c4ccccc4)c3)cc2)cc1. The molecule has 0 spiro atoms. The second-order valence-corrected chi connectivity index (χ2v) is 12.6. The van der Waals surface area contributed by atoms with Crippen LogP contribution in [-0.4, -0.2) is 0 Å². The molecule has 0 radical (unpaired) electrons. The summed E-state index contributed by atoms with van der Waals surface area (Å²) >= 11 is 0. The number of anilines is 3. The maximum absolute atomic E-state index is 6.22. The van der Waals surface area contributed by atoms with Crippen LogP contribution in [0.15, 0.2) is 205 Å². The third kappa shape index (κ3) is 5.63. The number of rotatable bonds is 7. The Balaban J connectivity index is 1.17. The van der Waals surface area contributed by atoms with Gasteiger partial charge in [0.05, 0.1) is 0 Å². The second-order valence-electron chi connectivity index (χ2n) is 12.6. The van der Waals surface area contributed by atoms with Crippen LogP contribution in [0.3, 0.4) is 0 Å². The van der Waals surface area contributed by atoms with E-state index in [0.717, 1.165) is 50.1 Å². The molecule has 8 aromatic carbocycles. The lowest BCUT2D eigenvalue weighted by Crippen LogP contribution is -2.10. The largest absolute Gasteiger partial charge is 0.456 e. The standard InChI is InChI=1S/C48H33NO/c1-4-12-34(13-5-1)37-20-25-42(26-21-37)49(44-31-40(35-14-6-2-7-15-35)30-41(32-44)36-16-8-3-9-17-36)43-27-22-38(23-28-43)39-24-29-46-45-18-10-11-19-47(45)50-48(46)33-39/h1-33H. The Morgan fingerprint density at radius 1 is 0.260 bits per heavy atom. The van der Waals surface area contributed by atoms with Gasteiger partial charge in [-0.3, -0.25) is 0 Å². The van der Waals surface area contributed by atoms with Crippen LogP contribution in [0.5, 0.6) is 0 Å². The summed E-state index contributed by atoms with van der Waals surface area (Å²) in [7, 11) is 0. The first kappa shape index (κ1) is 29.5. The van der Waals surface area contributed by atoms with Crippen molar-refractivity contribution in [3.63, 3.8) is 0 Å². The molecule has 9 rings (SSSR count). The average Bonchev–Trinajstić information content (AvgIpc) is 3.57. The zero-order chi connectivity index (χ0) is 33.3. The highest BCUT2D eigenvalue weighted by Gasteiger charge is 2.17. The van der Waals surface area contributed by atoms with Gasteiger partial charge >= 0.3 is 0 Å². The molecule has 1 aromatic heterocycles. The lowest BCUT2D eigenvalue weighted by Gasteiger charge is -2.27.